The lowest BCUT2D eigenvalue weighted by Gasteiger charge is -2.25. The van der Waals surface area contributed by atoms with Crippen molar-refractivity contribution in [3.63, 3.8) is 0 Å². The average Bonchev–Trinajstić information content (AvgIpc) is 3.23. The number of nitrogens with one attached hydrogen (secondary N) is 1. The smallest absolute Gasteiger partial charge is 0.416 e. The van der Waals surface area contributed by atoms with Crippen LogP contribution in [0.5, 0.6) is 0 Å². The van der Waals surface area contributed by atoms with E-state index in [0.29, 0.717) is 11.8 Å². The molecule has 1 aliphatic heterocycles. The molecule has 33 heavy (non-hydrogen) atoms. The number of ether oxygens (including phenoxy) is 1. The molecule has 0 spiro atoms. The maximum atomic E-state index is 13.1. The molecule has 5 rings (SSSR count). The highest BCUT2D eigenvalue weighted by Crippen LogP contribution is 2.44. The summed E-state index contributed by atoms with van der Waals surface area (Å²) in [5.74, 6) is 0.941. The summed E-state index contributed by atoms with van der Waals surface area (Å²) < 4.78 is 5.88. The number of hydrogen-bond acceptors (Lipinski definition) is 5. The van der Waals surface area contributed by atoms with Gasteiger partial charge in [-0.15, -0.1) is 0 Å². The second-order valence-electron chi connectivity index (χ2n) is 7.96. The van der Waals surface area contributed by atoms with E-state index in [2.05, 4.69) is 27.4 Å². The van der Waals surface area contributed by atoms with Gasteiger partial charge in [-0.1, -0.05) is 91.0 Å². The predicted octanol–water partition coefficient (Wildman–Crippen LogP) is 6.09. The summed E-state index contributed by atoms with van der Waals surface area (Å²) in [6, 6.07) is 31.2. The minimum atomic E-state index is -0.448. The van der Waals surface area contributed by atoms with Crippen molar-refractivity contribution in [2.45, 2.75) is 25.1 Å². The van der Waals surface area contributed by atoms with Crippen molar-refractivity contribution in [3.05, 3.63) is 120 Å². The zero-order valence-electron chi connectivity index (χ0n) is 18.2. The second kappa shape index (κ2) is 9.12. The molecular weight excluding hydrogens is 412 g/mol. The fourth-order valence-corrected chi connectivity index (χ4v) is 4.15. The molecule has 4 aromatic rings. The molecule has 2 heterocycles. The molecule has 0 bridgehead atoms. The van der Waals surface area contributed by atoms with Crippen LogP contribution in [0.25, 0.3) is 0 Å². The molecule has 164 valence electrons. The largest absolute Gasteiger partial charge is 0.438 e. The molecule has 0 unspecified atom stereocenters. The van der Waals surface area contributed by atoms with E-state index in [4.69, 9.17) is 4.74 Å². The summed E-state index contributed by atoms with van der Waals surface area (Å²) in [4.78, 5) is 23.8. The number of cyclic esters (lactones) is 1. The molecule has 0 aliphatic carbocycles. The molecule has 1 amide bonds. The molecular formula is C27H24N4O2. The number of hydrogen-bond donors (Lipinski definition) is 1. The van der Waals surface area contributed by atoms with Crippen LogP contribution in [0.15, 0.2) is 103 Å². The van der Waals surface area contributed by atoms with E-state index in [9.17, 15) is 4.79 Å². The Hall–Kier alpha value is -4.19. The first-order valence-corrected chi connectivity index (χ1v) is 10.9. The first kappa shape index (κ1) is 20.7. The van der Waals surface area contributed by atoms with Gasteiger partial charge in [0.1, 0.15) is 11.9 Å². The van der Waals surface area contributed by atoms with Gasteiger partial charge in [0.2, 0.25) is 5.95 Å². The first-order valence-electron chi connectivity index (χ1n) is 10.9. The van der Waals surface area contributed by atoms with Crippen molar-refractivity contribution in [1.29, 1.82) is 0 Å². The van der Waals surface area contributed by atoms with E-state index in [1.54, 1.807) is 17.2 Å². The molecule has 0 saturated carbocycles. The Kier molecular flexibility index (Phi) is 5.72. The van der Waals surface area contributed by atoms with Gasteiger partial charge in [0.05, 0.1) is 6.04 Å². The Morgan fingerprint density at radius 3 is 2.12 bits per heavy atom. The van der Waals surface area contributed by atoms with Crippen LogP contribution < -0.4 is 10.2 Å². The van der Waals surface area contributed by atoms with E-state index in [1.807, 2.05) is 85.8 Å². The molecule has 1 aliphatic rings. The maximum absolute atomic E-state index is 13.1. The van der Waals surface area contributed by atoms with E-state index < -0.39 is 12.2 Å². The number of amides is 1. The predicted molar refractivity (Wildman–Crippen MR) is 128 cm³/mol. The average molecular weight is 437 g/mol. The van der Waals surface area contributed by atoms with Crippen molar-refractivity contribution in [2.24, 2.45) is 0 Å². The van der Waals surface area contributed by atoms with E-state index in [1.165, 1.54) is 0 Å². The van der Waals surface area contributed by atoms with Crippen molar-refractivity contribution >= 4 is 17.9 Å². The number of rotatable bonds is 6. The van der Waals surface area contributed by atoms with Gasteiger partial charge in [0.15, 0.2) is 6.10 Å². The Balaban J connectivity index is 1.49. The third kappa shape index (κ3) is 4.28. The summed E-state index contributed by atoms with van der Waals surface area (Å²) in [7, 11) is 0. The first-order chi connectivity index (χ1) is 16.2. The number of nitrogens with zero attached hydrogens (tertiary/aromatic N) is 3. The molecule has 1 aromatic heterocycles. The van der Waals surface area contributed by atoms with Gasteiger partial charge < -0.3 is 10.1 Å². The van der Waals surface area contributed by atoms with Crippen LogP contribution >= 0.6 is 0 Å². The van der Waals surface area contributed by atoms with E-state index in [0.717, 1.165) is 16.7 Å². The highest BCUT2D eigenvalue weighted by Gasteiger charge is 2.45. The lowest BCUT2D eigenvalue weighted by atomic mass is 9.95. The monoisotopic (exact) mass is 436 g/mol. The molecule has 1 saturated heterocycles. The summed E-state index contributed by atoms with van der Waals surface area (Å²) in [5, 5.41) is 3.33. The minimum absolute atomic E-state index is 0.00830. The third-order valence-electron chi connectivity index (χ3n) is 5.79. The third-order valence-corrected chi connectivity index (χ3v) is 5.79. The lowest BCUT2D eigenvalue weighted by Crippen LogP contribution is -2.29. The Labute approximate surface area is 192 Å². The highest BCUT2D eigenvalue weighted by atomic mass is 16.6. The van der Waals surface area contributed by atoms with Crippen molar-refractivity contribution in [1.82, 2.24) is 9.97 Å². The van der Waals surface area contributed by atoms with Gasteiger partial charge in [-0.3, -0.25) is 0 Å². The second-order valence-corrected chi connectivity index (χ2v) is 7.96. The number of anilines is 2. The van der Waals surface area contributed by atoms with Gasteiger partial charge in [-0.25, -0.2) is 14.7 Å². The van der Waals surface area contributed by atoms with Crippen LogP contribution in [-0.2, 0) is 4.74 Å². The van der Waals surface area contributed by atoms with Crippen LogP contribution in [0.1, 0.15) is 41.8 Å². The van der Waals surface area contributed by atoms with Gasteiger partial charge in [-0.2, -0.15) is 4.98 Å². The van der Waals surface area contributed by atoms with Crippen LogP contribution in [0.2, 0.25) is 0 Å². The zero-order valence-corrected chi connectivity index (χ0v) is 18.2. The van der Waals surface area contributed by atoms with Gasteiger partial charge in [0.25, 0.3) is 0 Å². The standard InChI is InChI=1S/C27H24N4O2/c1-19(20-11-5-2-6-12-20)29-26-28-18-17-23(30-26)31-24(21-13-7-3-8-14-21)25(33-27(31)32)22-15-9-4-10-16-22/h2-19,24-25H,1H3,(H,28,29,30)/t19-,24-,25+/m0/s1. The molecule has 6 heteroatoms. The fraction of sp³-hybridized carbons (Fsp3) is 0.148. The normalized spacial score (nSPS) is 18.6. The zero-order chi connectivity index (χ0) is 22.6. The van der Waals surface area contributed by atoms with E-state index >= 15 is 0 Å². The van der Waals surface area contributed by atoms with Gasteiger partial charge in [-0.05, 0) is 29.7 Å². The molecule has 6 nitrogen and oxygen atoms in total. The summed E-state index contributed by atoms with van der Waals surface area (Å²) in [6.45, 7) is 2.05. The van der Waals surface area contributed by atoms with Crippen molar-refractivity contribution in [3.8, 4) is 0 Å². The van der Waals surface area contributed by atoms with Gasteiger partial charge in [0, 0.05) is 6.20 Å². The molecule has 1 N–H and O–H groups in total. The summed E-state index contributed by atoms with van der Waals surface area (Å²) in [5.41, 5.74) is 3.04. The molecule has 1 fully saturated rings. The molecule has 0 radical (unpaired) electrons. The summed E-state index contributed by atoms with van der Waals surface area (Å²) >= 11 is 0. The Morgan fingerprint density at radius 2 is 1.45 bits per heavy atom. The van der Waals surface area contributed by atoms with Crippen LogP contribution in [0.4, 0.5) is 16.6 Å². The maximum Gasteiger partial charge on any atom is 0.416 e. The van der Waals surface area contributed by atoms with E-state index in [-0.39, 0.29) is 12.1 Å². The van der Waals surface area contributed by atoms with Crippen LogP contribution in [-0.4, -0.2) is 16.1 Å². The number of aromatic nitrogens is 2. The minimum Gasteiger partial charge on any atom is -0.438 e. The van der Waals surface area contributed by atoms with Crippen molar-refractivity contribution in [2.75, 3.05) is 10.2 Å². The SMILES string of the molecule is C[C@H](Nc1nccc(N2C(=O)O[C@H](c3ccccc3)[C@@H]2c2ccccc2)n1)c1ccccc1. The van der Waals surface area contributed by atoms with Crippen LogP contribution in [0, 0.1) is 0 Å². The topological polar surface area (TPSA) is 67.4 Å². The number of carbonyl (C=O) groups is 1. The molecule has 3 aromatic carbocycles. The fourth-order valence-electron chi connectivity index (χ4n) is 4.15. The lowest BCUT2D eigenvalue weighted by molar-refractivity contribution is 0.132. The van der Waals surface area contributed by atoms with Crippen molar-refractivity contribution < 1.29 is 9.53 Å². The van der Waals surface area contributed by atoms with Crippen LogP contribution in [0.3, 0.4) is 0 Å². The quantitative estimate of drug-likeness (QED) is 0.396. The molecule has 3 atom stereocenters. The summed E-state index contributed by atoms with van der Waals surface area (Å²) in [6.07, 6.45) is 0.780. The number of carbonyl (C=O) groups excluding carboxylic acids is 1. The van der Waals surface area contributed by atoms with Gasteiger partial charge >= 0.3 is 6.09 Å². The number of benzene rings is 3. The highest BCUT2D eigenvalue weighted by molar-refractivity contribution is 5.90. The Bertz CT molecular complexity index is 1220. The Morgan fingerprint density at radius 1 is 0.848 bits per heavy atom.